The Bertz CT molecular complexity index is 763. The maximum absolute atomic E-state index is 13.4. The number of hydrogen-bond donors (Lipinski definition) is 0. The predicted molar refractivity (Wildman–Crippen MR) is 115 cm³/mol. The summed E-state index contributed by atoms with van der Waals surface area (Å²) in [7, 11) is 1.60. The number of carbonyl (C=O) groups excluding carboxylic acids is 2. The van der Waals surface area contributed by atoms with Gasteiger partial charge in [0.1, 0.15) is 5.75 Å². The average molecular weight is 432 g/mol. The molecule has 2 saturated heterocycles. The molecule has 0 spiro atoms. The Morgan fingerprint density at radius 2 is 1.97 bits per heavy atom. The van der Waals surface area contributed by atoms with Gasteiger partial charge in [0.25, 0.3) is 5.91 Å². The van der Waals surface area contributed by atoms with Crippen molar-refractivity contribution in [3.8, 4) is 5.75 Å². The highest BCUT2D eigenvalue weighted by atomic mass is 16.5. The van der Waals surface area contributed by atoms with Gasteiger partial charge < -0.3 is 24.0 Å². The number of carbonyl (C=O) groups is 2. The molecule has 170 valence electrons. The molecule has 0 unspecified atom stereocenters. The van der Waals surface area contributed by atoms with Crippen molar-refractivity contribution in [2.24, 2.45) is 5.92 Å². The molecule has 0 N–H and O–H groups in total. The van der Waals surface area contributed by atoms with Gasteiger partial charge in [-0.1, -0.05) is 6.07 Å². The van der Waals surface area contributed by atoms with Crippen LogP contribution in [-0.2, 0) is 14.3 Å². The fraction of sp³-hybridized carbons (Fsp3) is 0.652. The molecule has 0 radical (unpaired) electrons. The third-order valence-electron chi connectivity index (χ3n) is 6.19. The Labute approximate surface area is 184 Å². The molecule has 4 rings (SSSR count). The van der Waals surface area contributed by atoms with Gasteiger partial charge in [-0.3, -0.25) is 14.5 Å². The molecule has 8 nitrogen and oxygen atoms in total. The minimum absolute atomic E-state index is 0.0404. The van der Waals surface area contributed by atoms with E-state index in [9.17, 15) is 9.59 Å². The Morgan fingerprint density at radius 3 is 2.71 bits per heavy atom. The number of rotatable bonds is 8. The molecule has 1 atom stereocenters. The highest BCUT2D eigenvalue weighted by Gasteiger charge is 2.36. The summed E-state index contributed by atoms with van der Waals surface area (Å²) >= 11 is 0. The van der Waals surface area contributed by atoms with Crippen molar-refractivity contribution in [2.45, 2.75) is 18.9 Å². The largest absolute Gasteiger partial charge is 0.497 e. The number of morpholine rings is 2. The van der Waals surface area contributed by atoms with Crippen LogP contribution in [0, 0.1) is 5.92 Å². The standard InChI is InChI=1S/C23H33N3O5/c1-29-20-4-2-3-19(15-20)23(28)25(8-7-24-9-12-30-13-10-24)16-21-17-26(11-14-31-21)22(27)18-5-6-18/h2-4,15,18,21H,5-14,16-17H2,1H3/t21-/m1/s1. The molecule has 1 aromatic rings. The summed E-state index contributed by atoms with van der Waals surface area (Å²) in [6.45, 7) is 6.79. The number of hydrogen-bond acceptors (Lipinski definition) is 6. The smallest absolute Gasteiger partial charge is 0.254 e. The van der Waals surface area contributed by atoms with Gasteiger partial charge >= 0.3 is 0 Å². The summed E-state index contributed by atoms with van der Waals surface area (Å²) < 4.78 is 16.7. The lowest BCUT2D eigenvalue weighted by Gasteiger charge is -2.37. The Morgan fingerprint density at radius 1 is 1.16 bits per heavy atom. The maximum atomic E-state index is 13.4. The summed E-state index contributed by atoms with van der Waals surface area (Å²) in [5, 5.41) is 0. The average Bonchev–Trinajstić information content (AvgIpc) is 3.67. The van der Waals surface area contributed by atoms with Crippen molar-refractivity contribution in [1.82, 2.24) is 14.7 Å². The van der Waals surface area contributed by atoms with Gasteiger partial charge in [0.2, 0.25) is 5.91 Å². The second kappa shape index (κ2) is 10.4. The second-order valence-electron chi connectivity index (χ2n) is 8.49. The molecule has 1 aromatic carbocycles. The summed E-state index contributed by atoms with van der Waals surface area (Å²) in [6, 6.07) is 7.26. The fourth-order valence-corrected chi connectivity index (χ4v) is 4.17. The van der Waals surface area contributed by atoms with Crippen molar-refractivity contribution >= 4 is 11.8 Å². The van der Waals surface area contributed by atoms with Gasteiger partial charge in [-0.2, -0.15) is 0 Å². The van der Waals surface area contributed by atoms with E-state index in [-0.39, 0.29) is 23.8 Å². The van der Waals surface area contributed by atoms with Gasteiger partial charge in [-0.15, -0.1) is 0 Å². The van der Waals surface area contributed by atoms with Gasteiger partial charge in [-0.05, 0) is 31.0 Å². The lowest BCUT2D eigenvalue weighted by molar-refractivity contribution is -0.140. The lowest BCUT2D eigenvalue weighted by atomic mass is 10.1. The fourth-order valence-electron chi connectivity index (χ4n) is 4.17. The lowest BCUT2D eigenvalue weighted by Crippen LogP contribution is -2.52. The minimum Gasteiger partial charge on any atom is -0.497 e. The highest BCUT2D eigenvalue weighted by Crippen LogP contribution is 2.31. The van der Waals surface area contributed by atoms with E-state index in [2.05, 4.69) is 4.90 Å². The van der Waals surface area contributed by atoms with Gasteiger partial charge in [-0.25, -0.2) is 0 Å². The molecule has 0 aromatic heterocycles. The molecular weight excluding hydrogens is 398 g/mol. The molecule has 0 bridgehead atoms. The molecule has 31 heavy (non-hydrogen) atoms. The first-order valence-electron chi connectivity index (χ1n) is 11.3. The number of benzene rings is 1. The van der Waals surface area contributed by atoms with Crippen LogP contribution in [-0.4, -0.2) is 105 Å². The van der Waals surface area contributed by atoms with E-state index in [0.29, 0.717) is 44.1 Å². The SMILES string of the molecule is COc1cccc(C(=O)N(CCN2CCOCC2)C[C@@H]2CN(C(=O)C3CC3)CCO2)c1. The summed E-state index contributed by atoms with van der Waals surface area (Å²) in [5.74, 6) is 1.07. The zero-order chi connectivity index (χ0) is 21.6. The normalized spacial score (nSPS) is 22.2. The summed E-state index contributed by atoms with van der Waals surface area (Å²) in [6.07, 6.45) is 1.83. The van der Waals surface area contributed by atoms with Crippen molar-refractivity contribution < 1.29 is 23.8 Å². The van der Waals surface area contributed by atoms with Crippen LogP contribution in [0.5, 0.6) is 5.75 Å². The van der Waals surface area contributed by atoms with E-state index in [1.165, 1.54) is 0 Å². The van der Waals surface area contributed by atoms with Crippen LogP contribution in [0.3, 0.4) is 0 Å². The Balaban J connectivity index is 1.42. The van der Waals surface area contributed by atoms with E-state index >= 15 is 0 Å². The molecule has 2 heterocycles. The van der Waals surface area contributed by atoms with Gasteiger partial charge in [0.15, 0.2) is 0 Å². The number of amides is 2. The number of ether oxygens (including phenoxy) is 3. The molecule has 2 aliphatic heterocycles. The van der Waals surface area contributed by atoms with E-state index in [4.69, 9.17) is 14.2 Å². The first kappa shape index (κ1) is 22.0. The molecular formula is C23H33N3O5. The monoisotopic (exact) mass is 431 g/mol. The van der Waals surface area contributed by atoms with Gasteiger partial charge in [0.05, 0.1) is 33.0 Å². The summed E-state index contributed by atoms with van der Waals surface area (Å²) in [4.78, 5) is 32.0. The van der Waals surface area contributed by atoms with Crippen LogP contribution in [0.1, 0.15) is 23.2 Å². The minimum atomic E-state index is -0.171. The van der Waals surface area contributed by atoms with Crippen LogP contribution >= 0.6 is 0 Å². The zero-order valence-electron chi connectivity index (χ0n) is 18.3. The molecule has 1 saturated carbocycles. The van der Waals surface area contributed by atoms with Crippen molar-refractivity contribution in [3.63, 3.8) is 0 Å². The molecule has 2 amide bonds. The van der Waals surface area contributed by atoms with E-state index < -0.39 is 0 Å². The van der Waals surface area contributed by atoms with Crippen LogP contribution < -0.4 is 4.74 Å². The number of nitrogens with zero attached hydrogens (tertiary/aromatic N) is 3. The van der Waals surface area contributed by atoms with Crippen molar-refractivity contribution in [1.29, 1.82) is 0 Å². The molecule has 8 heteroatoms. The van der Waals surface area contributed by atoms with Crippen LogP contribution in [0.4, 0.5) is 0 Å². The topological polar surface area (TPSA) is 71.6 Å². The second-order valence-corrected chi connectivity index (χ2v) is 8.49. The summed E-state index contributed by atoms with van der Waals surface area (Å²) in [5.41, 5.74) is 0.600. The van der Waals surface area contributed by atoms with E-state index in [1.54, 1.807) is 13.2 Å². The molecule has 3 fully saturated rings. The number of methoxy groups -OCH3 is 1. The van der Waals surface area contributed by atoms with Crippen LogP contribution in [0.25, 0.3) is 0 Å². The predicted octanol–water partition coefficient (Wildman–Crippen LogP) is 1.11. The highest BCUT2D eigenvalue weighted by molar-refractivity contribution is 5.94. The Kier molecular flexibility index (Phi) is 7.42. The Hall–Kier alpha value is -2.16. The van der Waals surface area contributed by atoms with E-state index in [1.807, 2.05) is 28.0 Å². The third kappa shape index (κ3) is 5.96. The molecule has 3 aliphatic rings. The first-order valence-corrected chi connectivity index (χ1v) is 11.3. The quantitative estimate of drug-likeness (QED) is 0.614. The maximum Gasteiger partial charge on any atom is 0.254 e. The van der Waals surface area contributed by atoms with Gasteiger partial charge in [0, 0.05) is 57.3 Å². The van der Waals surface area contributed by atoms with E-state index in [0.717, 1.165) is 45.7 Å². The first-order chi connectivity index (χ1) is 15.1. The van der Waals surface area contributed by atoms with Crippen LogP contribution in [0.15, 0.2) is 24.3 Å². The van der Waals surface area contributed by atoms with Crippen molar-refractivity contribution in [2.75, 3.05) is 72.7 Å². The third-order valence-corrected chi connectivity index (χ3v) is 6.19. The van der Waals surface area contributed by atoms with Crippen molar-refractivity contribution in [3.05, 3.63) is 29.8 Å². The van der Waals surface area contributed by atoms with Crippen LogP contribution in [0.2, 0.25) is 0 Å². The zero-order valence-corrected chi connectivity index (χ0v) is 18.3. The molecule has 1 aliphatic carbocycles.